The highest BCUT2D eigenvalue weighted by Crippen LogP contribution is 2.27. The molecule has 11 heteroatoms. The first-order valence-electron chi connectivity index (χ1n) is 12.2. The van der Waals surface area contributed by atoms with Crippen LogP contribution < -0.4 is 27.2 Å². The number of hydrogen-bond acceptors (Lipinski definition) is 7. The van der Waals surface area contributed by atoms with Crippen molar-refractivity contribution in [1.82, 2.24) is 24.0 Å². The van der Waals surface area contributed by atoms with E-state index in [1.807, 2.05) is 24.8 Å². The second-order valence-electron chi connectivity index (χ2n) is 9.76. The van der Waals surface area contributed by atoms with Crippen LogP contribution in [0, 0.1) is 0 Å². The van der Waals surface area contributed by atoms with E-state index in [4.69, 9.17) is 10.7 Å². The molecule has 3 N–H and O–H groups in total. The van der Waals surface area contributed by atoms with E-state index < -0.39 is 16.8 Å². The lowest BCUT2D eigenvalue weighted by molar-refractivity contribution is -0.126. The van der Waals surface area contributed by atoms with Crippen LogP contribution in [0.2, 0.25) is 0 Å². The molecule has 4 rings (SSSR count). The maximum absolute atomic E-state index is 13.7. The number of benzene rings is 1. The fourth-order valence-electron chi connectivity index (χ4n) is 4.74. The Morgan fingerprint density at radius 2 is 1.86 bits per heavy atom. The van der Waals surface area contributed by atoms with Crippen molar-refractivity contribution in [2.24, 2.45) is 12.8 Å². The number of rotatable bonds is 7. The summed E-state index contributed by atoms with van der Waals surface area (Å²) in [6.45, 7) is 4.62. The van der Waals surface area contributed by atoms with E-state index in [0.29, 0.717) is 37.4 Å². The number of ketones is 1. The topological polar surface area (TPSA) is 137 Å². The normalized spacial score (nSPS) is 17.6. The van der Waals surface area contributed by atoms with Gasteiger partial charge in [-0.25, -0.2) is 4.79 Å². The van der Waals surface area contributed by atoms with Crippen LogP contribution >= 0.6 is 0 Å². The number of carbonyl (C=O) groups excluding carboxylic acids is 2. The van der Waals surface area contributed by atoms with Crippen LogP contribution in [-0.2, 0) is 24.9 Å². The zero-order valence-electron chi connectivity index (χ0n) is 21.7. The third-order valence-corrected chi connectivity index (χ3v) is 6.78. The Morgan fingerprint density at radius 3 is 2.51 bits per heavy atom. The summed E-state index contributed by atoms with van der Waals surface area (Å²) in [7, 11) is 3.08. The molecule has 0 radical (unpaired) electrons. The number of amides is 1. The average molecular weight is 508 g/mol. The van der Waals surface area contributed by atoms with Crippen molar-refractivity contribution in [2.45, 2.75) is 45.3 Å². The molecule has 11 nitrogen and oxygen atoms in total. The van der Waals surface area contributed by atoms with E-state index in [-0.39, 0.29) is 35.9 Å². The Hall–Kier alpha value is -3.99. The lowest BCUT2D eigenvalue weighted by Gasteiger charge is -2.39. The van der Waals surface area contributed by atoms with Crippen LogP contribution in [0.3, 0.4) is 0 Å². The maximum Gasteiger partial charge on any atom is 0.332 e. The molecule has 1 aliphatic heterocycles. The molecule has 1 fully saturated rings. The summed E-state index contributed by atoms with van der Waals surface area (Å²) in [5.74, 6) is -0.159. The summed E-state index contributed by atoms with van der Waals surface area (Å²) in [4.78, 5) is 58.9. The summed E-state index contributed by atoms with van der Waals surface area (Å²) >= 11 is 0. The Bertz CT molecular complexity index is 1500. The molecule has 1 atom stereocenters. The Kier molecular flexibility index (Phi) is 7.17. The van der Waals surface area contributed by atoms with E-state index in [1.165, 1.54) is 11.6 Å². The molecule has 0 spiro atoms. The minimum absolute atomic E-state index is 0.208. The molecule has 0 saturated carbocycles. The van der Waals surface area contributed by atoms with Gasteiger partial charge in [-0.1, -0.05) is 42.0 Å². The SMILES string of the molecule is CNC(=O)C1(N)CCCN(c2nc3c(c(=O)n(CC(=O)c4ccccc4)c(=O)n3C)n2CC=C(C)C)C1. The standard InChI is InChI=1S/C26H33N7O4/c1-17(2)11-14-32-20-21(29-24(32)31-13-8-12-26(27,16-31)23(36)28-3)30(4)25(37)33(22(20)35)15-19(34)18-9-6-5-7-10-18/h5-7,9-11H,8,12-16,27H2,1-4H3,(H,28,36). The molecule has 1 unspecified atom stereocenters. The van der Waals surface area contributed by atoms with Gasteiger partial charge in [-0.2, -0.15) is 4.98 Å². The molecule has 37 heavy (non-hydrogen) atoms. The number of allylic oxidation sites excluding steroid dienone is 2. The van der Waals surface area contributed by atoms with Crippen molar-refractivity contribution in [3.63, 3.8) is 0 Å². The summed E-state index contributed by atoms with van der Waals surface area (Å²) in [5.41, 5.74) is 6.01. The smallest absolute Gasteiger partial charge is 0.332 e. The molecule has 1 aliphatic rings. The molecule has 1 saturated heterocycles. The van der Waals surface area contributed by atoms with Gasteiger partial charge in [0.15, 0.2) is 16.9 Å². The second-order valence-corrected chi connectivity index (χ2v) is 9.76. The Labute approximate surface area is 214 Å². The highest BCUT2D eigenvalue weighted by molar-refractivity contribution is 5.96. The zero-order chi connectivity index (χ0) is 26.9. The highest BCUT2D eigenvalue weighted by atomic mass is 16.2. The minimum atomic E-state index is -1.11. The summed E-state index contributed by atoms with van der Waals surface area (Å²) < 4.78 is 3.98. The molecule has 0 bridgehead atoms. The van der Waals surface area contributed by atoms with Crippen LogP contribution in [0.1, 0.15) is 37.0 Å². The van der Waals surface area contributed by atoms with Gasteiger partial charge in [0.05, 0.1) is 6.54 Å². The first kappa shape index (κ1) is 26.1. The first-order valence-corrected chi connectivity index (χ1v) is 12.2. The van der Waals surface area contributed by atoms with Gasteiger partial charge < -0.3 is 20.5 Å². The van der Waals surface area contributed by atoms with Gasteiger partial charge >= 0.3 is 5.69 Å². The van der Waals surface area contributed by atoms with Crippen LogP contribution in [0.15, 0.2) is 51.6 Å². The van der Waals surface area contributed by atoms with Crippen LogP contribution in [0.25, 0.3) is 11.2 Å². The lowest BCUT2D eigenvalue weighted by Crippen LogP contribution is -2.62. The fraction of sp³-hybridized carbons (Fsp3) is 0.423. The van der Waals surface area contributed by atoms with Gasteiger partial charge in [-0.05, 0) is 26.7 Å². The van der Waals surface area contributed by atoms with Gasteiger partial charge in [0.1, 0.15) is 5.54 Å². The van der Waals surface area contributed by atoms with Gasteiger partial charge in [0, 0.05) is 39.3 Å². The molecule has 2 aromatic heterocycles. The van der Waals surface area contributed by atoms with Crippen LogP contribution in [-0.4, -0.2) is 56.1 Å². The summed E-state index contributed by atoms with van der Waals surface area (Å²) in [5, 5.41) is 2.64. The molecule has 1 amide bonds. The number of hydrogen-bond donors (Lipinski definition) is 2. The van der Waals surface area contributed by atoms with E-state index >= 15 is 0 Å². The predicted octanol–water partition coefficient (Wildman–Crippen LogP) is 0.789. The number of fused-ring (bicyclic) bond motifs is 1. The largest absolute Gasteiger partial charge is 0.358 e. The van der Waals surface area contributed by atoms with Crippen molar-refractivity contribution in [3.8, 4) is 0 Å². The van der Waals surface area contributed by atoms with Crippen molar-refractivity contribution in [3.05, 3.63) is 68.4 Å². The molecule has 196 valence electrons. The van der Waals surface area contributed by atoms with Crippen molar-refractivity contribution in [2.75, 3.05) is 25.0 Å². The number of aromatic nitrogens is 4. The fourth-order valence-corrected chi connectivity index (χ4v) is 4.74. The maximum atomic E-state index is 13.7. The Balaban J connectivity index is 1.88. The van der Waals surface area contributed by atoms with E-state index in [1.54, 1.807) is 41.9 Å². The average Bonchev–Trinajstić information content (AvgIpc) is 3.28. The number of piperidine rings is 1. The highest BCUT2D eigenvalue weighted by Gasteiger charge is 2.39. The molecule has 3 aromatic rings. The van der Waals surface area contributed by atoms with Gasteiger partial charge in [0.2, 0.25) is 11.9 Å². The molecule has 0 aliphatic carbocycles. The van der Waals surface area contributed by atoms with Gasteiger partial charge in [0.25, 0.3) is 5.56 Å². The minimum Gasteiger partial charge on any atom is -0.358 e. The number of imidazole rings is 1. The number of nitrogens with one attached hydrogen (secondary N) is 1. The quantitative estimate of drug-likeness (QED) is 0.356. The zero-order valence-corrected chi connectivity index (χ0v) is 21.7. The molecular weight excluding hydrogens is 474 g/mol. The summed E-state index contributed by atoms with van der Waals surface area (Å²) in [6, 6.07) is 8.54. The number of anilines is 1. The third-order valence-electron chi connectivity index (χ3n) is 6.78. The second kappa shape index (κ2) is 10.2. The van der Waals surface area contributed by atoms with Gasteiger partial charge in [-0.15, -0.1) is 0 Å². The number of Topliss-reactive ketones (excluding diaryl/α,β-unsaturated/α-hetero) is 1. The molecule has 3 heterocycles. The van der Waals surface area contributed by atoms with Crippen molar-refractivity contribution >= 4 is 28.8 Å². The third kappa shape index (κ3) is 4.86. The lowest BCUT2D eigenvalue weighted by atomic mass is 9.89. The monoisotopic (exact) mass is 507 g/mol. The van der Waals surface area contributed by atoms with Gasteiger partial charge in [-0.3, -0.25) is 23.5 Å². The number of likely N-dealkylation sites (N-methyl/N-ethyl adjacent to an activating group) is 1. The van der Waals surface area contributed by atoms with E-state index in [0.717, 1.165) is 10.1 Å². The van der Waals surface area contributed by atoms with E-state index in [9.17, 15) is 19.2 Å². The number of nitrogens with two attached hydrogens (primary N) is 1. The number of carbonyl (C=O) groups is 2. The van der Waals surface area contributed by atoms with Crippen LogP contribution in [0.4, 0.5) is 5.95 Å². The molecular formula is C26H33N7O4. The van der Waals surface area contributed by atoms with Crippen LogP contribution in [0.5, 0.6) is 0 Å². The van der Waals surface area contributed by atoms with Crippen molar-refractivity contribution in [1.29, 1.82) is 0 Å². The molecule has 1 aromatic carbocycles. The first-order chi connectivity index (χ1) is 17.6. The van der Waals surface area contributed by atoms with E-state index in [2.05, 4.69) is 5.32 Å². The van der Waals surface area contributed by atoms with Crippen molar-refractivity contribution < 1.29 is 9.59 Å². The summed E-state index contributed by atoms with van der Waals surface area (Å²) in [6.07, 6.45) is 3.13. The predicted molar refractivity (Wildman–Crippen MR) is 142 cm³/mol. The number of nitrogens with zero attached hydrogens (tertiary/aromatic N) is 5. The number of aryl methyl sites for hydroxylation is 1. The Morgan fingerprint density at radius 1 is 1.16 bits per heavy atom.